The second kappa shape index (κ2) is 3.11. The van der Waals surface area contributed by atoms with Crippen LogP contribution in [0, 0.1) is 0 Å². The maximum absolute atomic E-state index is 11.8. The average molecular weight is 213 g/mol. The predicted molar refractivity (Wildman–Crippen MR) is 55.7 cm³/mol. The summed E-state index contributed by atoms with van der Waals surface area (Å²) in [6.45, 7) is 9.10. The lowest BCUT2D eigenvalue weighted by atomic mass is 10.0. The number of fused-ring (bicyclic) bond motifs is 1. The first-order valence-electron chi connectivity index (χ1n) is 5.46. The Morgan fingerprint density at radius 2 is 2.20 bits per heavy atom. The fourth-order valence-electron chi connectivity index (χ4n) is 2.01. The van der Waals surface area contributed by atoms with Crippen LogP contribution >= 0.6 is 0 Å². The van der Waals surface area contributed by atoms with E-state index < -0.39 is 5.60 Å². The zero-order valence-corrected chi connectivity index (χ0v) is 9.87. The summed E-state index contributed by atoms with van der Waals surface area (Å²) in [6, 6.07) is 0. The number of likely N-dealkylation sites (tertiary alicyclic amines) is 1. The Labute approximate surface area is 90.5 Å². The molecule has 1 amide bonds. The molecule has 0 aliphatic carbocycles. The Hall–Kier alpha value is -0.770. The molecular formula is C11H19NO3. The number of epoxide rings is 1. The highest BCUT2D eigenvalue weighted by Crippen LogP contribution is 2.42. The molecule has 2 aliphatic heterocycles. The van der Waals surface area contributed by atoms with Crippen molar-refractivity contribution in [2.75, 3.05) is 13.1 Å². The highest BCUT2D eigenvalue weighted by molar-refractivity contribution is 5.68. The number of ether oxygens (including phenoxy) is 2. The predicted octanol–water partition coefficient (Wildman–Crippen LogP) is 1.78. The van der Waals surface area contributed by atoms with E-state index in [2.05, 4.69) is 0 Å². The minimum absolute atomic E-state index is 0.102. The molecule has 86 valence electrons. The third-order valence-electron chi connectivity index (χ3n) is 2.85. The molecule has 0 bridgehead atoms. The van der Waals surface area contributed by atoms with Gasteiger partial charge in [0.1, 0.15) is 11.2 Å². The van der Waals surface area contributed by atoms with E-state index in [1.54, 1.807) is 4.90 Å². The van der Waals surface area contributed by atoms with Crippen LogP contribution in [0.15, 0.2) is 0 Å². The molecule has 2 unspecified atom stereocenters. The quantitative estimate of drug-likeness (QED) is 0.576. The van der Waals surface area contributed by atoms with Gasteiger partial charge in [-0.1, -0.05) is 0 Å². The summed E-state index contributed by atoms with van der Waals surface area (Å²) in [6.07, 6.45) is 1.06. The molecule has 15 heavy (non-hydrogen) atoms. The Morgan fingerprint density at radius 1 is 1.53 bits per heavy atom. The summed E-state index contributed by atoms with van der Waals surface area (Å²) < 4.78 is 10.8. The van der Waals surface area contributed by atoms with Gasteiger partial charge in [0, 0.05) is 6.54 Å². The maximum Gasteiger partial charge on any atom is 0.410 e. The van der Waals surface area contributed by atoms with Crippen LogP contribution in [0.25, 0.3) is 0 Å². The van der Waals surface area contributed by atoms with Gasteiger partial charge in [-0.15, -0.1) is 0 Å². The standard InChI is InChI=1S/C11H19NO3/c1-10(2,3)15-9(13)12-6-5-8-11(4,7-12)14-8/h8H,5-7H2,1-4H3. The van der Waals surface area contributed by atoms with Gasteiger partial charge in [0.15, 0.2) is 0 Å². The first-order chi connectivity index (χ1) is 6.80. The Bertz CT molecular complexity index is 284. The maximum atomic E-state index is 11.8. The van der Waals surface area contributed by atoms with E-state index in [-0.39, 0.29) is 11.7 Å². The van der Waals surface area contributed by atoms with Gasteiger partial charge in [-0.3, -0.25) is 0 Å². The number of carbonyl (C=O) groups excluding carboxylic acids is 1. The van der Waals surface area contributed by atoms with Crippen LogP contribution < -0.4 is 0 Å². The van der Waals surface area contributed by atoms with E-state index >= 15 is 0 Å². The minimum atomic E-state index is -0.417. The summed E-state index contributed by atoms with van der Waals surface area (Å²) >= 11 is 0. The molecule has 0 aromatic heterocycles. The molecule has 2 saturated heterocycles. The summed E-state index contributed by atoms with van der Waals surface area (Å²) in [4.78, 5) is 13.5. The van der Waals surface area contributed by atoms with Gasteiger partial charge in [0.25, 0.3) is 0 Å². The largest absolute Gasteiger partial charge is 0.444 e. The van der Waals surface area contributed by atoms with Crippen molar-refractivity contribution in [3.05, 3.63) is 0 Å². The molecule has 0 aromatic rings. The van der Waals surface area contributed by atoms with Crippen LogP contribution in [-0.4, -0.2) is 41.4 Å². The highest BCUT2D eigenvalue weighted by atomic mass is 16.6. The van der Waals surface area contributed by atoms with Gasteiger partial charge in [-0.2, -0.15) is 0 Å². The SMILES string of the molecule is CC(C)(C)OC(=O)N1CCC2OC2(C)C1. The molecule has 0 radical (unpaired) electrons. The molecule has 0 saturated carbocycles. The smallest absolute Gasteiger partial charge is 0.410 e. The minimum Gasteiger partial charge on any atom is -0.444 e. The van der Waals surface area contributed by atoms with E-state index in [0.717, 1.165) is 13.0 Å². The van der Waals surface area contributed by atoms with E-state index in [4.69, 9.17) is 9.47 Å². The number of hydrogen-bond donors (Lipinski definition) is 0. The van der Waals surface area contributed by atoms with Crippen molar-refractivity contribution < 1.29 is 14.3 Å². The summed E-state index contributed by atoms with van der Waals surface area (Å²) in [7, 11) is 0. The molecule has 2 fully saturated rings. The van der Waals surface area contributed by atoms with Crippen molar-refractivity contribution in [1.29, 1.82) is 0 Å². The van der Waals surface area contributed by atoms with Gasteiger partial charge < -0.3 is 14.4 Å². The number of carbonyl (C=O) groups is 1. The average Bonchev–Trinajstić information content (AvgIpc) is 2.71. The first-order valence-corrected chi connectivity index (χ1v) is 5.46. The van der Waals surface area contributed by atoms with Gasteiger partial charge in [-0.25, -0.2) is 4.79 Å². The van der Waals surface area contributed by atoms with Crippen molar-refractivity contribution in [2.45, 2.75) is 51.4 Å². The third kappa shape index (κ3) is 2.25. The van der Waals surface area contributed by atoms with Crippen LogP contribution in [0.5, 0.6) is 0 Å². The lowest BCUT2D eigenvalue weighted by Gasteiger charge is -2.30. The number of piperidine rings is 1. The van der Waals surface area contributed by atoms with Crippen LogP contribution in [0.1, 0.15) is 34.1 Å². The monoisotopic (exact) mass is 213 g/mol. The highest BCUT2D eigenvalue weighted by Gasteiger charge is 2.56. The van der Waals surface area contributed by atoms with Crippen molar-refractivity contribution in [1.82, 2.24) is 4.90 Å². The van der Waals surface area contributed by atoms with E-state index in [1.807, 2.05) is 27.7 Å². The van der Waals surface area contributed by atoms with Gasteiger partial charge in [0.05, 0.1) is 12.6 Å². The Kier molecular flexibility index (Phi) is 2.23. The van der Waals surface area contributed by atoms with Crippen molar-refractivity contribution in [2.24, 2.45) is 0 Å². The van der Waals surface area contributed by atoms with E-state index in [0.29, 0.717) is 12.6 Å². The lowest BCUT2D eigenvalue weighted by molar-refractivity contribution is 0.0198. The molecular weight excluding hydrogens is 194 g/mol. The molecule has 2 atom stereocenters. The molecule has 0 N–H and O–H groups in total. The van der Waals surface area contributed by atoms with E-state index in [9.17, 15) is 4.79 Å². The molecule has 2 rings (SSSR count). The number of rotatable bonds is 0. The van der Waals surface area contributed by atoms with Crippen molar-refractivity contribution in [3.8, 4) is 0 Å². The van der Waals surface area contributed by atoms with Gasteiger partial charge in [-0.05, 0) is 34.1 Å². The van der Waals surface area contributed by atoms with E-state index in [1.165, 1.54) is 0 Å². The summed E-state index contributed by atoms with van der Waals surface area (Å²) in [5.74, 6) is 0. The van der Waals surface area contributed by atoms with Gasteiger partial charge in [0.2, 0.25) is 0 Å². The number of nitrogens with zero attached hydrogens (tertiary/aromatic N) is 1. The van der Waals surface area contributed by atoms with Crippen LogP contribution in [-0.2, 0) is 9.47 Å². The molecule has 4 heteroatoms. The van der Waals surface area contributed by atoms with Crippen LogP contribution in [0.3, 0.4) is 0 Å². The molecule has 2 heterocycles. The first kappa shape index (κ1) is 10.7. The second-order valence-electron chi connectivity index (χ2n) is 5.61. The third-order valence-corrected chi connectivity index (χ3v) is 2.85. The number of amides is 1. The topological polar surface area (TPSA) is 42.1 Å². The Morgan fingerprint density at radius 3 is 2.73 bits per heavy atom. The van der Waals surface area contributed by atoms with Crippen LogP contribution in [0.2, 0.25) is 0 Å². The molecule has 0 aromatic carbocycles. The summed E-state index contributed by atoms with van der Waals surface area (Å²) in [5.41, 5.74) is -0.519. The fraction of sp³-hybridized carbons (Fsp3) is 0.909. The molecule has 4 nitrogen and oxygen atoms in total. The summed E-state index contributed by atoms with van der Waals surface area (Å²) in [5, 5.41) is 0. The number of hydrogen-bond acceptors (Lipinski definition) is 3. The van der Waals surface area contributed by atoms with Crippen molar-refractivity contribution >= 4 is 6.09 Å². The van der Waals surface area contributed by atoms with Crippen molar-refractivity contribution in [3.63, 3.8) is 0 Å². The normalized spacial score (nSPS) is 34.7. The lowest BCUT2D eigenvalue weighted by Crippen LogP contribution is -2.45. The Balaban J connectivity index is 1.91. The molecule has 0 spiro atoms. The molecule has 2 aliphatic rings. The fourth-order valence-corrected chi connectivity index (χ4v) is 2.01. The zero-order chi connectivity index (χ0) is 11.3. The van der Waals surface area contributed by atoms with Gasteiger partial charge >= 0.3 is 6.09 Å². The zero-order valence-electron chi connectivity index (χ0n) is 9.87. The second-order valence-corrected chi connectivity index (χ2v) is 5.61. The van der Waals surface area contributed by atoms with Crippen LogP contribution in [0.4, 0.5) is 4.79 Å².